The molecule has 1 aliphatic rings. The highest BCUT2D eigenvalue weighted by molar-refractivity contribution is 6.30. The number of carbonyl (C=O) groups excluding carboxylic acids is 1. The lowest BCUT2D eigenvalue weighted by Crippen LogP contribution is -2.25. The van der Waals surface area contributed by atoms with Gasteiger partial charge in [0.15, 0.2) is 5.84 Å². The molecular formula is C8H6ClN3O. The molecule has 2 rings (SSSR count). The minimum Gasteiger partial charge on any atom is -0.308 e. The molecule has 1 aromatic rings. The Bertz CT molecular complexity index is 371. The summed E-state index contributed by atoms with van der Waals surface area (Å²) < 4.78 is 0. The zero-order valence-electron chi connectivity index (χ0n) is 6.62. The lowest BCUT2D eigenvalue weighted by atomic mass is 10.3. The summed E-state index contributed by atoms with van der Waals surface area (Å²) >= 11 is 5.66. The van der Waals surface area contributed by atoms with Crippen LogP contribution in [0, 0.1) is 0 Å². The Hall–Kier alpha value is -1.42. The Kier molecular flexibility index (Phi) is 1.98. The molecule has 0 unspecified atom stereocenters. The van der Waals surface area contributed by atoms with Gasteiger partial charge in [0.2, 0.25) is 5.91 Å². The maximum absolute atomic E-state index is 10.8. The first-order valence-electron chi connectivity index (χ1n) is 3.72. The molecule has 5 heteroatoms. The van der Waals surface area contributed by atoms with Gasteiger partial charge in [-0.05, 0) is 12.1 Å². The Labute approximate surface area is 79.7 Å². The van der Waals surface area contributed by atoms with Crippen molar-refractivity contribution < 1.29 is 4.79 Å². The van der Waals surface area contributed by atoms with Gasteiger partial charge in [0.05, 0.1) is 5.02 Å². The van der Waals surface area contributed by atoms with Crippen molar-refractivity contribution in [2.75, 3.05) is 6.54 Å². The number of amides is 1. The fourth-order valence-electron chi connectivity index (χ4n) is 1.02. The first-order chi connectivity index (χ1) is 6.25. The van der Waals surface area contributed by atoms with Crippen LogP contribution in [0.25, 0.3) is 0 Å². The van der Waals surface area contributed by atoms with Gasteiger partial charge in [0, 0.05) is 6.20 Å². The minimum atomic E-state index is -0.105. The number of amidine groups is 1. The van der Waals surface area contributed by atoms with Crippen molar-refractivity contribution in [3.8, 4) is 0 Å². The molecule has 66 valence electrons. The Balaban J connectivity index is 2.27. The van der Waals surface area contributed by atoms with Crippen molar-refractivity contribution in [2.45, 2.75) is 0 Å². The quantitative estimate of drug-likeness (QED) is 0.714. The van der Waals surface area contributed by atoms with E-state index in [9.17, 15) is 4.79 Å². The van der Waals surface area contributed by atoms with Crippen molar-refractivity contribution in [1.29, 1.82) is 0 Å². The largest absolute Gasteiger partial charge is 0.308 e. The molecule has 0 bridgehead atoms. The summed E-state index contributed by atoms with van der Waals surface area (Å²) in [6, 6.07) is 3.42. The fourth-order valence-corrected chi connectivity index (χ4v) is 1.13. The lowest BCUT2D eigenvalue weighted by molar-refractivity contribution is -0.117. The number of aromatic nitrogens is 1. The summed E-state index contributed by atoms with van der Waals surface area (Å²) in [6.45, 7) is 0.180. The van der Waals surface area contributed by atoms with Crippen molar-refractivity contribution in [2.24, 2.45) is 4.99 Å². The van der Waals surface area contributed by atoms with Crippen LogP contribution in [0.4, 0.5) is 0 Å². The molecule has 0 saturated heterocycles. The molecule has 1 N–H and O–H groups in total. The second-order valence-corrected chi connectivity index (χ2v) is 3.01. The van der Waals surface area contributed by atoms with Gasteiger partial charge in [-0.1, -0.05) is 11.6 Å². The summed E-state index contributed by atoms with van der Waals surface area (Å²) in [5, 5.41) is 3.16. The summed E-state index contributed by atoms with van der Waals surface area (Å²) in [6.07, 6.45) is 1.52. The molecule has 1 amide bonds. The van der Waals surface area contributed by atoms with Crippen LogP contribution in [0.2, 0.25) is 5.02 Å². The highest BCUT2D eigenvalue weighted by Crippen LogP contribution is 2.07. The van der Waals surface area contributed by atoms with E-state index in [2.05, 4.69) is 15.3 Å². The maximum Gasteiger partial charge on any atom is 0.247 e. The smallest absolute Gasteiger partial charge is 0.247 e. The van der Waals surface area contributed by atoms with Crippen molar-refractivity contribution >= 4 is 23.3 Å². The van der Waals surface area contributed by atoms with Crippen LogP contribution < -0.4 is 5.32 Å². The van der Waals surface area contributed by atoms with Crippen molar-refractivity contribution in [1.82, 2.24) is 10.3 Å². The summed E-state index contributed by atoms with van der Waals surface area (Å²) in [5.41, 5.74) is 0.634. The number of carbonyl (C=O) groups is 1. The summed E-state index contributed by atoms with van der Waals surface area (Å²) in [4.78, 5) is 18.8. The van der Waals surface area contributed by atoms with Crippen LogP contribution in [-0.4, -0.2) is 23.3 Å². The predicted molar refractivity (Wildman–Crippen MR) is 48.8 cm³/mol. The number of rotatable bonds is 1. The zero-order valence-corrected chi connectivity index (χ0v) is 7.38. The number of nitrogens with zero attached hydrogens (tertiary/aromatic N) is 2. The molecule has 0 saturated carbocycles. The second kappa shape index (κ2) is 3.14. The molecule has 0 atom stereocenters. The fraction of sp³-hybridized carbons (Fsp3) is 0.125. The monoisotopic (exact) mass is 195 g/mol. The highest BCUT2D eigenvalue weighted by atomic mass is 35.5. The van der Waals surface area contributed by atoms with E-state index in [1.807, 2.05) is 0 Å². The van der Waals surface area contributed by atoms with Crippen LogP contribution in [0.1, 0.15) is 5.69 Å². The molecule has 2 heterocycles. The number of pyridine rings is 1. The zero-order chi connectivity index (χ0) is 9.26. The average molecular weight is 196 g/mol. The third-order valence-corrected chi connectivity index (χ3v) is 1.83. The second-order valence-electron chi connectivity index (χ2n) is 2.57. The highest BCUT2D eigenvalue weighted by Gasteiger charge is 2.15. The first-order valence-corrected chi connectivity index (χ1v) is 4.10. The average Bonchev–Trinajstić information content (AvgIpc) is 2.53. The summed E-state index contributed by atoms with van der Waals surface area (Å²) in [7, 11) is 0. The number of halogens is 1. The van der Waals surface area contributed by atoms with E-state index in [1.54, 1.807) is 12.1 Å². The number of hydrogen-bond acceptors (Lipinski definition) is 3. The molecule has 0 aliphatic carbocycles. The molecule has 4 nitrogen and oxygen atoms in total. The van der Waals surface area contributed by atoms with Crippen LogP contribution in [0.15, 0.2) is 23.3 Å². The van der Waals surface area contributed by atoms with Gasteiger partial charge in [-0.15, -0.1) is 0 Å². The maximum atomic E-state index is 10.8. The SMILES string of the molecule is O=C1CN=C(c2ccc(Cl)cn2)N1. The summed E-state index contributed by atoms with van der Waals surface area (Å²) in [5.74, 6) is 0.411. The first kappa shape index (κ1) is 8.19. The van der Waals surface area contributed by atoms with Crippen LogP contribution >= 0.6 is 11.6 Å². The molecule has 0 radical (unpaired) electrons. The minimum absolute atomic E-state index is 0.105. The lowest BCUT2D eigenvalue weighted by Gasteiger charge is -1.98. The van der Waals surface area contributed by atoms with E-state index in [4.69, 9.17) is 11.6 Å². The van der Waals surface area contributed by atoms with Gasteiger partial charge in [-0.25, -0.2) is 0 Å². The van der Waals surface area contributed by atoms with Crippen LogP contribution in [-0.2, 0) is 4.79 Å². The molecule has 1 aliphatic heterocycles. The van der Waals surface area contributed by atoms with Gasteiger partial charge < -0.3 is 5.32 Å². The van der Waals surface area contributed by atoms with Crippen LogP contribution in [0.5, 0.6) is 0 Å². The standard InChI is InChI=1S/C8H6ClN3O/c9-5-1-2-6(10-3-5)8-11-4-7(13)12-8/h1-3H,4H2,(H,11,12,13). The molecule has 13 heavy (non-hydrogen) atoms. The topological polar surface area (TPSA) is 54.4 Å². The Morgan fingerprint density at radius 2 is 2.31 bits per heavy atom. The number of nitrogens with one attached hydrogen (secondary N) is 1. The van der Waals surface area contributed by atoms with Gasteiger partial charge in [-0.2, -0.15) is 0 Å². The van der Waals surface area contributed by atoms with E-state index < -0.39 is 0 Å². The van der Waals surface area contributed by atoms with E-state index in [1.165, 1.54) is 6.20 Å². The Morgan fingerprint density at radius 1 is 1.46 bits per heavy atom. The molecule has 0 fully saturated rings. The third-order valence-electron chi connectivity index (χ3n) is 1.61. The van der Waals surface area contributed by atoms with Gasteiger partial charge >= 0.3 is 0 Å². The molecule has 0 aromatic carbocycles. The van der Waals surface area contributed by atoms with E-state index in [0.717, 1.165) is 0 Å². The van der Waals surface area contributed by atoms with E-state index in [-0.39, 0.29) is 12.5 Å². The number of hydrogen-bond donors (Lipinski definition) is 1. The predicted octanol–water partition coefficient (Wildman–Crippen LogP) is 0.611. The normalized spacial score (nSPS) is 15.5. The van der Waals surface area contributed by atoms with E-state index in [0.29, 0.717) is 16.6 Å². The van der Waals surface area contributed by atoms with Gasteiger partial charge in [0.1, 0.15) is 12.2 Å². The van der Waals surface area contributed by atoms with Crippen LogP contribution in [0.3, 0.4) is 0 Å². The van der Waals surface area contributed by atoms with Crippen molar-refractivity contribution in [3.63, 3.8) is 0 Å². The van der Waals surface area contributed by atoms with Crippen molar-refractivity contribution in [3.05, 3.63) is 29.0 Å². The molecular weight excluding hydrogens is 190 g/mol. The van der Waals surface area contributed by atoms with Gasteiger partial charge in [-0.3, -0.25) is 14.8 Å². The van der Waals surface area contributed by atoms with E-state index >= 15 is 0 Å². The molecule has 1 aromatic heterocycles. The Morgan fingerprint density at radius 3 is 2.85 bits per heavy atom. The number of aliphatic imine (C=N–C) groups is 1. The van der Waals surface area contributed by atoms with Gasteiger partial charge in [0.25, 0.3) is 0 Å². The molecule has 0 spiro atoms. The third kappa shape index (κ3) is 1.67.